The van der Waals surface area contributed by atoms with Gasteiger partial charge in [0, 0.05) is 12.1 Å². The molecule has 0 saturated carbocycles. The van der Waals surface area contributed by atoms with Gasteiger partial charge in [-0.3, -0.25) is 4.90 Å². The van der Waals surface area contributed by atoms with Gasteiger partial charge >= 0.3 is 6.09 Å². The molecule has 1 fully saturated rings. The lowest BCUT2D eigenvalue weighted by Crippen LogP contribution is -2.48. The summed E-state index contributed by atoms with van der Waals surface area (Å²) in [5.74, 6) is 0. The van der Waals surface area contributed by atoms with Crippen LogP contribution in [-0.2, 0) is 12.8 Å². The zero-order chi connectivity index (χ0) is 18.7. The van der Waals surface area contributed by atoms with Gasteiger partial charge in [0.15, 0.2) is 0 Å². The van der Waals surface area contributed by atoms with Gasteiger partial charge in [-0.1, -0.05) is 24.6 Å². The second-order valence-electron chi connectivity index (χ2n) is 8.92. The SMILES string of the molecule is CC(C)(C)N(C(=O)O)[C@@H]1CCCc2cc(CCN3CCCCC3)ccc21. The first kappa shape index (κ1) is 19.2. The fourth-order valence-corrected chi connectivity index (χ4v) is 4.62. The summed E-state index contributed by atoms with van der Waals surface area (Å²) in [5, 5.41) is 9.79. The first-order valence-electron chi connectivity index (χ1n) is 10.2. The average molecular weight is 359 g/mol. The highest BCUT2D eigenvalue weighted by Gasteiger charge is 2.36. The van der Waals surface area contributed by atoms with Crippen LogP contribution in [0.5, 0.6) is 0 Å². The van der Waals surface area contributed by atoms with Crippen LogP contribution in [0.15, 0.2) is 18.2 Å². The maximum atomic E-state index is 11.9. The lowest BCUT2D eigenvalue weighted by atomic mass is 9.84. The molecule has 2 aliphatic rings. The van der Waals surface area contributed by atoms with Gasteiger partial charge in [-0.15, -0.1) is 0 Å². The highest BCUT2D eigenvalue weighted by molar-refractivity contribution is 5.67. The molecule has 1 aliphatic heterocycles. The van der Waals surface area contributed by atoms with Gasteiger partial charge < -0.3 is 10.0 Å². The predicted octanol–water partition coefficient (Wildman–Crippen LogP) is 4.87. The molecule has 26 heavy (non-hydrogen) atoms. The zero-order valence-corrected chi connectivity index (χ0v) is 16.6. The molecule has 0 radical (unpaired) electrons. The van der Waals surface area contributed by atoms with E-state index in [4.69, 9.17) is 0 Å². The highest BCUT2D eigenvalue weighted by atomic mass is 16.4. The van der Waals surface area contributed by atoms with Crippen molar-refractivity contribution in [1.29, 1.82) is 0 Å². The van der Waals surface area contributed by atoms with Crippen LogP contribution < -0.4 is 0 Å². The second-order valence-corrected chi connectivity index (χ2v) is 8.92. The third-order valence-electron chi connectivity index (χ3n) is 5.90. The van der Waals surface area contributed by atoms with E-state index in [1.165, 1.54) is 49.0 Å². The minimum atomic E-state index is -0.815. The first-order valence-corrected chi connectivity index (χ1v) is 10.2. The monoisotopic (exact) mass is 358 g/mol. The second kappa shape index (κ2) is 7.99. The molecule has 1 saturated heterocycles. The van der Waals surface area contributed by atoms with Crippen LogP contribution >= 0.6 is 0 Å². The minimum absolute atomic E-state index is 0.0209. The Kier molecular flexibility index (Phi) is 5.91. The van der Waals surface area contributed by atoms with Crippen molar-refractivity contribution in [2.75, 3.05) is 19.6 Å². The van der Waals surface area contributed by atoms with Crippen LogP contribution in [0, 0.1) is 0 Å². The number of aryl methyl sites for hydroxylation is 1. The van der Waals surface area contributed by atoms with E-state index in [-0.39, 0.29) is 6.04 Å². The number of hydrogen-bond donors (Lipinski definition) is 1. The lowest BCUT2D eigenvalue weighted by Gasteiger charge is -2.42. The smallest absolute Gasteiger partial charge is 0.408 e. The van der Waals surface area contributed by atoms with E-state index >= 15 is 0 Å². The number of fused-ring (bicyclic) bond motifs is 1. The highest BCUT2D eigenvalue weighted by Crippen LogP contribution is 2.38. The third kappa shape index (κ3) is 4.40. The topological polar surface area (TPSA) is 43.8 Å². The third-order valence-corrected chi connectivity index (χ3v) is 5.90. The van der Waals surface area contributed by atoms with Gasteiger partial charge in [0.2, 0.25) is 0 Å². The summed E-state index contributed by atoms with van der Waals surface area (Å²) in [5.41, 5.74) is 3.58. The summed E-state index contributed by atoms with van der Waals surface area (Å²) in [6, 6.07) is 6.75. The number of rotatable bonds is 4. The molecule has 1 aliphatic carbocycles. The Balaban J connectivity index is 1.75. The Hall–Kier alpha value is -1.55. The molecule has 1 atom stereocenters. The average Bonchev–Trinajstić information content (AvgIpc) is 2.59. The quantitative estimate of drug-likeness (QED) is 0.835. The summed E-state index contributed by atoms with van der Waals surface area (Å²) < 4.78 is 0. The number of benzene rings is 1. The van der Waals surface area contributed by atoms with Crippen molar-refractivity contribution >= 4 is 6.09 Å². The van der Waals surface area contributed by atoms with Crippen LogP contribution in [0.4, 0.5) is 4.79 Å². The Morgan fingerprint density at radius 1 is 1.19 bits per heavy atom. The van der Waals surface area contributed by atoms with Crippen molar-refractivity contribution in [1.82, 2.24) is 9.80 Å². The van der Waals surface area contributed by atoms with Gasteiger partial charge in [0.05, 0.1) is 6.04 Å². The van der Waals surface area contributed by atoms with E-state index in [9.17, 15) is 9.90 Å². The van der Waals surface area contributed by atoms with Crippen molar-refractivity contribution in [3.05, 3.63) is 34.9 Å². The van der Waals surface area contributed by atoms with Gasteiger partial charge in [0.25, 0.3) is 0 Å². The number of hydrogen-bond acceptors (Lipinski definition) is 2. The lowest BCUT2D eigenvalue weighted by molar-refractivity contribution is 0.0638. The number of piperidine rings is 1. The molecule has 1 amide bonds. The summed E-state index contributed by atoms with van der Waals surface area (Å²) in [6.45, 7) is 9.59. The molecule has 144 valence electrons. The van der Waals surface area contributed by atoms with E-state index in [2.05, 4.69) is 23.1 Å². The molecule has 1 aromatic carbocycles. The summed E-state index contributed by atoms with van der Waals surface area (Å²) in [7, 11) is 0. The molecule has 0 spiro atoms. The van der Waals surface area contributed by atoms with Crippen molar-refractivity contribution in [2.45, 2.75) is 77.3 Å². The summed E-state index contributed by atoms with van der Waals surface area (Å²) in [6.07, 6.45) is 7.39. The number of carbonyl (C=O) groups is 1. The number of likely N-dealkylation sites (tertiary alicyclic amines) is 1. The Labute approximate surface area is 158 Å². The van der Waals surface area contributed by atoms with Crippen molar-refractivity contribution in [3.8, 4) is 0 Å². The zero-order valence-electron chi connectivity index (χ0n) is 16.6. The van der Waals surface area contributed by atoms with Crippen LogP contribution in [0.1, 0.15) is 75.6 Å². The van der Waals surface area contributed by atoms with Crippen molar-refractivity contribution in [2.24, 2.45) is 0 Å². The molecule has 4 heteroatoms. The maximum absolute atomic E-state index is 11.9. The molecule has 0 aromatic heterocycles. The van der Waals surface area contributed by atoms with Gasteiger partial charge in [-0.2, -0.15) is 0 Å². The molecule has 1 N–H and O–H groups in total. The van der Waals surface area contributed by atoms with Gasteiger partial charge in [-0.05, 0) is 89.1 Å². The van der Waals surface area contributed by atoms with Crippen LogP contribution in [-0.4, -0.2) is 46.2 Å². The molecule has 1 aromatic rings. The van der Waals surface area contributed by atoms with Crippen molar-refractivity contribution in [3.63, 3.8) is 0 Å². The van der Waals surface area contributed by atoms with Crippen molar-refractivity contribution < 1.29 is 9.90 Å². The van der Waals surface area contributed by atoms with Gasteiger partial charge in [-0.25, -0.2) is 4.79 Å². The Bertz CT molecular complexity index is 630. The molecular weight excluding hydrogens is 324 g/mol. The van der Waals surface area contributed by atoms with E-state index in [0.29, 0.717) is 0 Å². The van der Waals surface area contributed by atoms with Crippen LogP contribution in [0.25, 0.3) is 0 Å². The largest absolute Gasteiger partial charge is 0.465 e. The van der Waals surface area contributed by atoms with E-state index in [1.807, 2.05) is 20.8 Å². The molecule has 1 heterocycles. The fraction of sp³-hybridized carbons (Fsp3) is 0.682. The molecule has 4 nitrogen and oxygen atoms in total. The summed E-state index contributed by atoms with van der Waals surface area (Å²) in [4.78, 5) is 16.2. The molecular formula is C22H34N2O2. The summed E-state index contributed by atoms with van der Waals surface area (Å²) >= 11 is 0. The van der Waals surface area contributed by atoms with Crippen LogP contribution in [0.2, 0.25) is 0 Å². The van der Waals surface area contributed by atoms with E-state index in [1.54, 1.807) is 4.90 Å². The number of carboxylic acid groups (broad SMARTS) is 1. The predicted molar refractivity (Wildman–Crippen MR) is 106 cm³/mol. The maximum Gasteiger partial charge on any atom is 0.408 e. The Morgan fingerprint density at radius 3 is 2.58 bits per heavy atom. The normalized spacial score (nSPS) is 21.3. The fourth-order valence-electron chi connectivity index (χ4n) is 4.62. The Morgan fingerprint density at radius 2 is 1.92 bits per heavy atom. The number of amides is 1. The van der Waals surface area contributed by atoms with Crippen LogP contribution in [0.3, 0.4) is 0 Å². The number of nitrogens with zero attached hydrogens (tertiary/aromatic N) is 2. The minimum Gasteiger partial charge on any atom is -0.465 e. The van der Waals surface area contributed by atoms with Gasteiger partial charge in [0.1, 0.15) is 0 Å². The molecule has 3 rings (SSSR count). The van der Waals surface area contributed by atoms with E-state index in [0.717, 1.165) is 32.2 Å². The molecule has 0 unspecified atom stereocenters. The first-order chi connectivity index (χ1) is 12.4. The molecule has 0 bridgehead atoms. The van der Waals surface area contributed by atoms with E-state index < -0.39 is 11.6 Å². The standard InChI is InChI=1S/C22H34N2O2/c1-22(2,3)24(21(25)26)20-9-7-8-18-16-17(10-11-19(18)20)12-15-23-13-5-4-6-14-23/h10-11,16,20H,4-9,12-15H2,1-3H3,(H,25,26)/t20-/m1/s1.